The summed E-state index contributed by atoms with van der Waals surface area (Å²) in [5, 5.41) is 19.3. The highest BCUT2D eigenvalue weighted by molar-refractivity contribution is 8.00. The second-order valence-corrected chi connectivity index (χ2v) is 5.93. The number of phenolic OH excluding ortho intramolecular Hbond substituents is 2. The summed E-state index contributed by atoms with van der Waals surface area (Å²) in [6, 6.07) is 13.0. The maximum Gasteiger partial charge on any atom is 0.406 e. The lowest BCUT2D eigenvalue weighted by molar-refractivity contribution is 0.0932. The molecule has 1 unspecified atom stereocenters. The normalized spacial score (nSPS) is 13.4. The molecule has 1 amide bonds. The number of carbonyl (C=O) groups excluding carboxylic acids is 1. The summed E-state index contributed by atoms with van der Waals surface area (Å²) in [5.41, 5.74) is 5.58. The average Bonchev–Trinajstić information content (AvgIpc) is 2.41. The van der Waals surface area contributed by atoms with Gasteiger partial charge in [0.15, 0.2) is 4.93 Å². The Bertz CT molecular complexity index is 644. The molecule has 0 aliphatic heterocycles. The zero-order chi connectivity index (χ0) is 15.5. The third-order valence-electron chi connectivity index (χ3n) is 2.84. The standard InChI is InChI=1S/C15H15NO4S/c1-15(20-14(16)19,12-4-2-3-5-13(12)18)21-11-8-6-10(17)7-9-11/h2-9,17-18H,1H3,(H2,16,19). The molecule has 2 aromatic carbocycles. The number of para-hydroxylation sites is 1. The summed E-state index contributed by atoms with van der Waals surface area (Å²) >= 11 is 1.20. The number of phenols is 2. The summed E-state index contributed by atoms with van der Waals surface area (Å²) in [5.74, 6) is 0.145. The lowest BCUT2D eigenvalue weighted by Crippen LogP contribution is -2.29. The highest BCUT2D eigenvalue weighted by Gasteiger charge is 2.34. The SMILES string of the molecule is CC(OC(N)=O)(Sc1ccc(O)cc1)c1ccccc1O. The first-order valence-corrected chi connectivity index (χ1v) is 6.97. The fourth-order valence-corrected chi connectivity index (χ4v) is 3.05. The van der Waals surface area contributed by atoms with Crippen molar-refractivity contribution >= 4 is 17.9 Å². The van der Waals surface area contributed by atoms with E-state index in [9.17, 15) is 15.0 Å². The quantitative estimate of drug-likeness (QED) is 0.596. The minimum atomic E-state index is -1.19. The highest BCUT2D eigenvalue weighted by atomic mass is 32.2. The molecule has 4 N–H and O–H groups in total. The van der Waals surface area contributed by atoms with Gasteiger partial charge in [-0.25, -0.2) is 4.79 Å². The number of ether oxygens (including phenoxy) is 1. The number of nitrogens with two attached hydrogens (primary N) is 1. The van der Waals surface area contributed by atoms with Gasteiger partial charge in [-0.15, -0.1) is 0 Å². The number of carbonyl (C=O) groups is 1. The topological polar surface area (TPSA) is 92.8 Å². The van der Waals surface area contributed by atoms with Crippen molar-refractivity contribution in [2.75, 3.05) is 0 Å². The van der Waals surface area contributed by atoms with Gasteiger partial charge >= 0.3 is 6.09 Å². The van der Waals surface area contributed by atoms with Crippen molar-refractivity contribution in [1.29, 1.82) is 0 Å². The molecule has 0 radical (unpaired) electrons. The van der Waals surface area contributed by atoms with Gasteiger partial charge in [0, 0.05) is 10.5 Å². The average molecular weight is 305 g/mol. The molecular weight excluding hydrogens is 290 g/mol. The van der Waals surface area contributed by atoms with Crippen molar-refractivity contribution in [3.63, 3.8) is 0 Å². The van der Waals surface area contributed by atoms with Crippen LogP contribution in [0.5, 0.6) is 11.5 Å². The van der Waals surface area contributed by atoms with Crippen LogP contribution in [0.3, 0.4) is 0 Å². The zero-order valence-corrected chi connectivity index (χ0v) is 12.1. The van der Waals surface area contributed by atoms with Crippen LogP contribution in [-0.4, -0.2) is 16.3 Å². The molecule has 110 valence electrons. The van der Waals surface area contributed by atoms with Crippen LogP contribution in [0.15, 0.2) is 53.4 Å². The minimum Gasteiger partial charge on any atom is -0.508 e. The van der Waals surface area contributed by atoms with Crippen molar-refractivity contribution in [3.8, 4) is 11.5 Å². The molecule has 0 saturated carbocycles. The molecule has 0 heterocycles. The van der Waals surface area contributed by atoms with Gasteiger partial charge < -0.3 is 20.7 Å². The molecule has 0 bridgehead atoms. The molecule has 1 atom stereocenters. The number of benzene rings is 2. The Labute approximate surface area is 126 Å². The van der Waals surface area contributed by atoms with E-state index >= 15 is 0 Å². The third-order valence-corrected chi connectivity index (χ3v) is 4.04. The predicted molar refractivity (Wildman–Crippen MR) is 80.1 cm³/mol. The maximum atomic E-state index is 11.2. The molecule has 0 fully saturated rings. The van der Waals surface area contributed by atoms with E-state index in [1.807, 2.05) is 0 Å². The molecule has 2 rings (SSSR count). The van der Waals surface area contributed by atoms with Gasteiger partial charge in [-0.05, 0) is 37.3 Å². The number of thioether (sulfide) groups is 1. The lowest BCUT2D eigenvalue weighted by atomic mass is 10.1. The Balaban J connectivity index is 2.39. The number of hydrogen-bond acceptors (Lipinski definition) is 5. The molecular formula is C15H15NO4S. The molecule has 0 spiro atoms. The molecule has 0 aliphatic rings. The van der Waals surface area contributed by atoms with E-state index in [2.05, 4.69) is 0 Å². The van der Waals surface area contributed by atoms with E-state index < -0.39 is 11.0 Å². The van der Waals surface area contributed by atoms with Crippen LogP contribution in [0.4, 0.5) is 4.79 Å². The highest BCUT2D eigenvalue weighted by Crippen LogP contribution is 2.45. The lowest BCUT2D eigenvalue weighted by Gasteiger charge is -2.29. The first-order valence-electron chi connectivity index (χ1n) is 6.16. The van der Waals surface area contributed by atoms with Crippen molar-refractivity contribution in [1.82, 2.24) is 0 Å². The zero-order valence-electron chi connectivity index (χ0n) is 11.3. The van der Waals surface area contributed by atoms with E-state index in [1.54, 1.807) is 37.3 Å². The van der Waals surface area contributed by atoms with Gasteiger partial charge in [0.2, 0.25) is 0 Å². The van der Waals surface area contributed by atoms with Gasteiger partial charge in [0.25, 0.3) is 0 Å². The van der Waals surface area contributed by atoms with E-state index in [4.69, 9.17) is 10.5 Å². The maximum absolute atomic E-state index is 11.2. The molecule has 21 heavy (non-hydrogen) atoms. The number of hydrogen-bond donors (Lipinski definition) is 3. The first kappa shape index (κ1) is 15.1. The Hall–Kier alpha value is -2.34. The Morgan fingerprint density at radius 2 is 1.76 bits per heavy atom. The number of amides is 1. The number of primary amides is 1. The van der Waals surface area contributed by atoms with Crippen molar-refractivity contribution in [3.05, 3.63) is 54.1 Å². The fraction of sp³-hybridized carbons (Fsp3) is 0.133. The number of aromatic hydroxyl groups is 2. The van der Waals surface area contributed by atoms with Crippen LogP contribution in [0.2, 0.25) is 0 Å². The van der Waals surface area contributed by atoms with Gasteiger partial charge in [0.1, 0.15) is 11.5 Å². The van der Waals surface area contributed by atoms with Gasteiger partial charge in [0.05, 0.1) is 0 Å². The van der Waals surface area contributed by atoms with Gasteiger partial charge in [-0.1, -0.05) is 30.0 Å². The van der Waals surface area contributed by atoms with Crippen molar-refractivity contribution in [2.24, 2.45) is 5.73 Å². The van der Waals surface area contributed by atoms with Crippen LogP contribution < -0.4 is 5.73 Å². The second kappa shape index (κ2) is 5.97. The van der Waals surface area contributed by atoms with Crippen LogP contribution >= 0.6 is 11.8 Å². The molecule has 0 saturated heterocycles. The summed E-state index contributed by atoms with van der Waals surface area (Å²) in [7, 11) is 0. The van der Waals surface area contributed by atoms with Crippen LogP contribution in [-0.2, 0) is 9.67 Å². The molecule has 0 aromatic heterocycles. The van der Waals surface area contributed by atoms with Crippen LogP contribution in [0.1, 0.15) is 12.5 Å². The van der Waals surface area contributed by atoms with Crippen LogP contribution in [0, 0.1) is 0 Å². The third kappa shape index (κ3) is 3.61. The number of rotatable bonds is 4. The summed E-state index contributed by atoms with van der Waals surface area (Å²) in [4.78, 5) is 10.8. The summed E-state index contributed by atoms with van der Waals surface area (Å²) in [6.45, 7) is 1.64. The minimum absolute atomic E-state index is 0.00697. The molecule has 6 heteroatoms. The largest absolute Gasteiger partial charge is 0.508 e. The van der Waals surface area contributed by atoms with Gasteiger partial charge in [-0.3, -0.25) is 0 Å². The van der Waals surface area contributed by atoms with E-state index in [1.165, 1.54) is 30.0 Å². The molecule has 0 aliphatic carbocycles. The summed E-state index contributed by atoms with van der Waals surface area (Å²) in [6.07, 6.45) is -0.938. The first-order chi connectivity index (χ1) is 9.90. The fourth-order valence-electron chi connectivity index (χ4n) is 1.92. The summed E-state index contributed by atoms with van der Waals surface area (Å²) < 4.78 is 5.22. The van der Waals surface area contributed by atoms with Crippen LogP contribution in [0.25, 0.3) is 0 Å². The monoisotopic (exact) mass is 305 g/mol. The molecule has 2 aromatic rings. The van der Waals surface area contributed by atoms with E-state index in [0.29, 0.717) is 5.56 Å². The van der Waals surface area contributed by atoms with Crippen molar-refractivity contribution < 1.29 is 19.7 Å². The van der Waals surface area contributed by atoms with E-state index in [0.717, 1.165) is 4.90 Å². The predicted octanol–water partition coefficient (Wildman–Crippen LogP) is 3.16. The smallest absolute Gasteiger partial charge is 0.406 e. The Morgan fingerprint density at radius 1 is 1.14 bits per heavy atom. The second-order valence-electron chi connectivity index (χ2n) is 4.48. The molecule has 5 nitrogen and oxygen atoms in total. The van der Waals surface area contributed by atoms with Gasteiger partial charge in [-0.2, -0.15) is 0 Å². The Morgan fingerprint density at radius 3 is 2.33 bits per heavy atom. The van der Waals surface area contributed by atoms with Crippen molar-refractivity contribution in [2.45, 2.75) is 16.8 Å². The Kier molecular flexibility index (Phi) is 4.28. The van der Waals surface area contributed by atoms with E-state index in [-0.39, 0.29) is 11.5 Å².